The van der Waals surface area contributed by atoms with E-state index in [9.17, 15) is 8.42 Å². The van der Waals surface area contributed by atoms with Gasteiger partial charge in [0.25, 0.3) is 0 Å². The second-order valence-electron chi connectivity index (χ2n) is 4.48. The number of nitrogens with one attached hydrogen (secondary N) is 2. The Bertz CT molecular complexity index is 762. The predicted molar refractivity (Wildman–Crippen MR) is 81.1 cm³/mol. The number of benzene rings is 1. The van der Waals surface area contributed by atoms with Crippen molar-refractivity contribution < 1.29 is 13.2 Å². The molecule has 6 nitrogen and oxygen atoms in total. The Balaban J connectivity index is 2.16. The van der Waals surface area contributed by atoms with Gasteiger partial charge in [0, 0.05) is 19.2 Å². The Labute approximate surface area is 122 Å². The fraction of sp³-hybridized carbons (Fsp3) is 0.417. The van der Waals surface area contributed by atoms with E-state index in [1.54, 1.807) is 7.11 Å². The lowest BCUT2D eigenvalue weighted by Gasteiger charge is -2.06. The highest BCUT2D eigenvalue weighted by Gasteiger charge is 2.06. The summed E-state index contributed by atoms with van der Waals surface area (Å²) >= 11 is 5.28. The van der Waals surface area contributed by atoms with Crippen LogP contribution in [-0.4, -0.2) is 37.9 Å². The third-order valence-electron chi connectivity index (χ3n) is 2.91. The largest absolute Gasteiger partial charge is 0.497 e. The molecule has 0 aliphatic carbocycles. The number of nitrogens with zero attached hydrogens (tertiary/aromatic N) is 1. The molecule has 20 heavy (non-hydrogen) atoms. The predicted octanol–water partition coefficient (Wildman–Crippen LogP) is 1.65. The molecule has 0 aliphatic rings. The number of imidazole rings is 1. The number of aryl methyl sites for hydroxylation is 1. The van der Waals surface area contributed by atoms with Crippen molar-refractivity contribution in [2.45, 2.75) is 13.0 Å². The van der Waals surface area contributed by atoms with Gasteiger partial charge in [0.1, 0.15) is 5.75 Å². The number of aromatic nitrogens is 2. The third-order valence-corrected chi connectivity index (χ3v) is 3.96. The van der Waals surface area contributed by atoms with Gasteiger partial charge in [0.15, 0.2) is 4.77 Å². The molecule has 0 fully saturated rings. The summed E-state index contributed by atoms with van der Waals surface area (Å²) in [6.07, 6.45) is 1.81. The number of rotatable bonds is 6. The summed E-state index contributed by atoms with van der Waals surface area (Å²) < 4.78 is 32.2. The topological polar surface area (TPSA) is 76.1 Å². The molecule has 0 amide bonds. The molecule has 0 spiro atoms. The first-order valence-electron chi connectivity index (χ1n) is 6.12. The van der Waals surface area contributed by atoms with Gasteiger partial charge < -0.3 is 14.3 Å². The summed E-state index contributed by atoms with van der Waals surface area (Å²) in [7, 11) is -1.53. The van der Waals surface area contributed by atoms with Crippen molar-refractivity contribution >= 4 is 33.3 Å². The molecule has 0 atom stereocenters. The van der Waals surface area contributed by atoms with Crippen LogP contribution >= 0.6 is 12.2 Å². The number of hydrogen-bond acceptors (Lipinski definition) is 4. The molecule has 0 saturated carbocycles. The second-order valence-corrected chi connectivity index (χ2v) is 6.70. The highest BCUT2D eigenvalue weighted by Crippen LogP contribution is 2.20. The minimum Gasteiger partial charge on any atom is -0.497 e. The van der Waals surface area contributed by atoms with Gasteiger partial charge in [-0.05, 0) is 30.8 Å². The first-order chi connectivity index (χ1) is 9.40. The van der Waals surface area contributed by atoms with E-state index in [1.165, 1.54) is 0 Å². The van der Waals surface area contributed by atoms with Crippen LogP contribution in [0.1, 0.15) is 6.42 Å². The molecular formula is C12H17N3O3S2. The Hall–Kier alpha value is -1.38. The van der Waals surface area contributed by atoms with Gasteiger partial charge in [-0.15, -0.1) is 0 Å². The number of H-pyrrole nitrogens is 1. The zero-order chi connectivity index (χ0) is 14.8. The summed E-state index contributed by atoms with van der Waals surface area (Å²) in [6, 6.07) is 5.68. The van der Waals surface area contributed by atoms with E-state index in [0.717, 1.165) is 23.0 Å². The smallest absolute Gasteiger partial charge is 0.208 e. The van der Waals surface area contributed by atoms with Crippen LogP contribution < -0.4 is 9.46 Å². The molecule has 0 saturated heterocycles. The maximum Gasteiger partial charge on any atom is 0.208 e. The van der Waals surface area contributed by atoms with Crippen LogP contribution in [0.15, 0.2) is 18.2 Å². The zero-order valence-corrected chi connectivity index (χ0v) is 13.0. The van der Waals surface area contributed by atoms with E-state index in [0.29, 0.717) is 24.3 Å². The first-order valence-corrected chi connectivity index (χ1v) is 8.42. The third kappa shape index (κ3) is 3.59. The standard InChI is InChI=1S/C12H17N3O3S2/c1-18-9-4-5-10-11(8-9)15(12(19)14-10)7-3-6-13-20(2,16)17/h4-5,8,13H,3,6-7H2,1-2H3,(H,14,19). The molecule has 1 heterocycles. The van der Waals surface area contributed by atoms with Gasteiger partial charge in [-0.2, -0.15) is 0 Å². The number of fused-ring (bicyclic) bond motifs is 1. The summed E-state index contributed by atoms with van der Waals surface area (Å²) in [6.45, 7) is 1.02. The molecule has 1 aromatic heterocycles. The Kier molecular flexibility index (Phi) is 4.46. The zero-order valence-electron chi connectivity index (χ0n) is 11.3. The van der Waals surface area contributed by atoms with Gasteiger partial charge in [0.2, 0.25) is 10.0 Å². The van der Waals surface area contributed by atoms with Gasteiger partial charge in [-0.3, -0.25) is 0 Å². The molecule has 2 rings (SSSR count). The molecule has 0 aliphatic heterocycles. The SMILES string of the molecule is COc1ccc2[nH]c(=S)n(CCCNS(C)(=O)=O)c2c1. The van der Waals surface area contributed by atoms with E-state index in [2.05, 4.69) is 9.71 Å². The van der Waals surface area contributed by atoms with E-state index in [-0.39, 0.29) is 0 Å². The normalized spacial score (nSPS) is 11.9. The fourth-order valence-corrected chi connectivity index (χ4v) is 2.79. The number of hydrogen-bond donors (Lipinski definition) is 2. The Morgan fingerprint density at radius 1 is 1.45 bits per heavy atom. The molecule has 0 unspecified atom stereocenters. The van der Waals surface area contributed by atoms with Crippen molar-refractivity contribution in [1.82, 2.24) is 14.3 Å². The Morgan fingerprint density at radius 3 is 2.85 bits per heavy atom. The van der Waals surface area contributed by atoms with Crippen LogP contribution in [0.4, 0.5) is 0 Å². The van der Waals surface area contributed by atoms with Crippen LogP contribution in [0.3, 0.4) is 0 Å². The molecule has 2 aromatic rings. The maximum absolute atomic E-state index is 11.0. The number of sulfonamides is 1. The van der Waals surface area contributed by atoms with Crippen molar-refractivity contribution in [2.75, 3.05) is 19.9 Å². The molecule has 0 radical (unpaired) electrons. The van der Waals surface area contributed by atoms with Crippen molar-refractivity contribution in [2.24, 2.45) is 0 Å². The summed E-state index contributed by atoms with van der Waals surface area (Å²) in [4.78, 5) is 3.12. The minimum absolute atomic E-state index is 0.386. The average molecular weight is 315 g/mol. The highest BCUT2D eigenvalue weighted by molar-refractivity contribution is 7.88. The molecule has 1 aromatic carbocycles. The highest BCUT2D eigenvalue weighted by atomic mass is 32.2. The monoisotopic (exact) mass is 315 g/mol. The van der Waals surface area contributed by atoms with Crippen molar-refractivity contribution in [3.8, 4) is 5.75 Å². The molecule has 8 heteroatoms. The van der Waals surface area contributed by atoms with Crippen LogP contribution in [-0.2, 0) is 16.6 Å². The van der Waals surface area contributed by atoms with Gasteiger partial charge >= 0.3 is 0 Å². The number of ether oxygens (including phenoxy) is 1. The molecule has 110 valence electrons. The lowest BCUT2D eigenvalue weighted by Crippen LogP contribution is -2.23. The maximum atomic E-state index is 11.0. The minimum atomic E-state index is -3.14. The van der Waals surface area contributed by atoms with Crippen molar-refractivity contribution in [1.29, 1.82) is 0 Å². The van der Waals surface area contributed by atoms with Gasteiger partial charge in [-0.1, -0.05) is 0 Å². The summed E-state index contributed by atoms with van der Waals surface area (Å²) in [5.74, 6) is 0.759. The Morgan fingerprint density at radius 2 is 2.20 bits per heavy atom. The molecular weight excluding hydrogens is 298 g/mol. The fourth-order valence-electron chi connectivity index (χ4n) is 1.98. The van der Waals surface area contributed by atoms with E-state index < -0.39 is 10.0 Å². The van der Waals surface area contributed by atoms with E-state index >= 15 is 0 Å². The van der Waals surface area contributed by atoms with Gasteiger partial charge in [0.05, 0.1) is 24.4 Å². The summed E-state index contributed by atoms with van der Waals surface area (Å²) in [5, 5.41) is 0. The number of aromatic amines is 1. The van der Waals surface area contributed by atoms with Crippen LogP contribution in [0.25, 0.3) is 11.0 Å². The van der Waals surface area contributed by atoms with Crippen LogP contribution in [0.2, 0.25) is 0 Å². The van der Waals surface area contributed by atoms with Crippen molar-refractivity contribution in [3.63, 3.8) is 0 Å². The molecule has 2 N–H and O–H groups in total. The van der Waals surface area contributed by atoms with E-state index in [4.69, 9.17) is 17.0 Å². The van der Waals surface area contributed by atoms with Crippen molar-refractivity contribution in [3.05, 3.63) is 23.0 Å². The lowest BCUT2D eigenvalue weighted by molar-refractivity contribution is 0.415. The molecule has 0 bridgehead atoms. The first kappa shape index (κ1) is 15.0. The quantitative estimate of drug-likeness (QED) is 0.628. The number of methoxy groups -OCH3 is 1. The summed E-state index contributed by atoms with van der Waals surface area (Å²) in [5.41, 5.74) is 1.89. The van der Waals surface area contributed by atoms with Crippen LogP contribution in [0.5, 0.6) is 5.75 Å². The second kappa shape index (κ2) is 5.94. The lowest BCUT2D eigenvalue weighted by atomic mass is 10.3. The van der Waals surface area contributed by atoms with E-state index in [1.807, 2.05) is 22.8 Å². The van der Waals surface area contributed by atoms with Crippen LogP contribution in [0, 0.1) is 4.77 Å². The van der Waals surface area contributed by atoms with Gasteiger partial charge in [-0.25, -0.2) is 13.1 Å². The average Bonchev–Trinajstić information content (AvgIpc) is 2.68.